The number of benzene rings is 3. The Morgan fingerprint density at radius 3 is 1.83 bits per heavy atom. The van der Waals surface area contributed by atoms with E-state index in [2.05, 4.69) is 32.6 Å². The molecule has 4 nitrogen and oxygen atoms in total. The maximum atomic E-state index is 12.4. The van der Waals surface area contributed by atoms with Crippen molar-refractivity contribution in [2.45, 2.75) is 4.90 Å². The predicted octanol–water partition coefficient (Wildman–Crippen LogP) is 4.84. The van der Waals surface area contributed by atoms with Gasteiger partial charge in [0.1, 0.15) is 0 Å². The van der Waals surface area contributed by atoms with E-state index >= 15 is 0 Å². The van der Waals surface area contributed by atoms with E-state index in [1.807, 2.05) is 42.5 Å². The van der Waals surface area contributed by atoms with Gasteiger partial charge in [-0.25, -0.2) is 8.42 Å². The van der Waals surface area contributed by atoms with Gasteiger partial charge in [-0.3, -0.25) is 4.72 Å². The normalized spacial score (nSPS) is 11.0. The summed E-state index contributed by atoms with van der Waals surface area (Å²) in [6.07, 6.45) is 0. The van der Waals surface area contributed by atoms with Crippen LogP contribution in [0, 0.1) is 3.57 Å². The van der Waals surface area contributed by atoms with Crippen molar-refractivity contribution in [3.8, 4) is 0 Å². The molecule has 0 aliphatic carbocycles. The minimum Gasteiger partial charge on any atom is -0.356 e. The molecule has 0 aliphatic heterocycles. The van der Waals surface area contributed by atoms with Crippen LogP contribution in [0.15, 0.2) is 83.8 Å². The summed E-state index contributed by atoms with van der Waals surface area (Å²) in [6, 6.07) is 23.6. The van der Waals surface area contributed by atoms with Gasteiger partial charge in [-0.15, -0.1) is 0 Å². The minimum absolute atomic E-state index is 0.245. The fraction of sp³-hybridized carbons (Fsp3) is 0. The predicted molar refractivity (Wildman–Crippen MR) is 106 cm³/mol. The third kappa shape index (κ3) is 4.27. The van der Waals surface area contributed by atoms with Crippen molar-refractivity contribution in [1.82, 2.24) is 0 Å². The van der Waals surface area contributed by atoms with Crippen LogP contribution in [0.2, 0.25) is 0 Å². The lowest BCUT2D eigenvalue weighted by Gasteiger charge is -2.10. The first-order valence-corrected chi connectivity index (χ1v) is 9.80. The zero-order valence-electron chi connectivity index (χ0n) is 12.6. The molecule has 3 aromatic rings. The molecule has 0 amide bonds. The van der Waals surface area contributed by atoms with Gasteiger partial charge in [-0.2, -0.15) is 0 Å². The molecular weight excluding hydrogens is 435 g/mol. The van der Waals surface area contributed by atoms with Gasteiger partial charge in [0, 0.05) is 20.6 Å². The largest absolute Gasteiger partial charge is 0.356 e. The molecule has 122 valence electrons. The second-order valence-electron chi connectivity index (χ2n) is 5.13. The van der Waals surface area contributed by atoms with Gasteiger partial charge in [0.2, 0.25) is 0 Å². The standard InChI is InChI=1S/C18H15IN2O2S/c19-14-6-12-18(13-7-14)24(22,23)21-17-10-8-16(9-11-17)20-15-4-2-1-3-5-15/h1-13,20-21H. The van der Waals surface area contributed by atoms with Crippen molar-refractivity contribution < 1.29 is 8.42 Å². The van der Waals surface area contributed by atoms with Crippen molar-refractivity contribution >= 4 is 49.7 Å². The maximum absolute atomic E-state index is 12.4. The Bertz CT molecular complexity index is 909. The van der Waals surface area contributed by atoms with Gasteiger partial charge in [0.15, 0.2) is 0 Å². The summed E-state index contributed by atoms with van der Waals surface area (Å²) in [4.78, 5) is 0.245. The first-order valence-electron chi connectivity index (χ1n) is 7.23. The topological polar surface area (TPSA) is 58.2 Å². The van der Waals surface area contributed by atoms with E-state index in [0.717, 1.165) is 14.9 Å². The Morgan fingerprint density at radius 2 is 1.21 bits per heavy atom. The highest BCUT2D eigenvalue weighted by Crippen LogP contribution is 2.21. The molecule has 0 aliphatic rings. The van der Waals surface area contributed by atoms with E-state index in [4.69, 9.17) is 0 Å². The first kappa shape index (κ1) is 16.8. The molecule has 0 spiro atoms. The molecule has 3 rings (SSSR count). The Kier molecular flexibility index (Phi) is 5.06. The second kappa shape index (κ2) is 7.23. The number of nitrogens with one attached hydrogen (secondary N) is 2. The van der Waals surface area contributed by atoms with Crippen LogP contribution in [0.25, 0.3) is 0 Å². The van der Waals surface area contributed by atoms with Gasteiger partial charge >= 0.3 is 0 Å². The molecule has 24 heavy (non-hydrogen) atoms. The summed E-state index contributed by atoms with van der Waals surface area (Å²) in [5, 5.41) is 3.25. The number of para-hydroxylation sites is 1. The average molecular weight is 450 g/mol. The lowest BCUT2D eigenvalue weighted by Crippen LogP contribution is -2.12. The molecule has 2 N–H and O–H groups in total. The van der Waals surface area contributed by atoms with Gasteiger partial charge in [-0.05, 0) is 83.3 Å². The fourth-order valence-electron chi connectivity index (χ4n) is 2.14. The molecule has 0 fully saturated rings. The number of sulfonamides is 1. The zero-order chi connectivity index (χ0) is 17.0. The molecule has 0 atom stereocenters. The molecule has 0 bridgehead atoms. The summed E-state index contributed by atoms with van der Waals surface area (Å²) < 4.78 is 28.3. The SMILES string of the molecule is O=S(=O)(Nc1ccc(Nc2ccccc2)cc1)c1ccc(I)cc1. The number of halogens is 1. The van der Waals surface area contributed by atoms with Crippen LogP contribution in [0.5, 0.6) is 0 Å². The highest BCUT2D eigenvalue weighted by Gasteiger charge is 2.13. The first-order chi connectivity index (χ1) is 11.5. The lowest BCUT2D eigenvalue weighted by molar-refractivity contribution is 0.601. The Balaban J connectivity index is 1.73. The molecule has 0 heterocycles. The van der Waals surface area contributed by atoms with Crippen molar-refractivity contribution in [2.75, 3.05) is 10.0 Å². The van der Waals surface area contributed by atoms with Crippen LogP contribution in [-0.2, 0) is 10.0 Å². The average Bonchev–Trinajstić information content (AvgIpc) is 2.58. The minimum atomic E-state index is -3.58. The second-order valence-corrected chi connectivity index (χ2v) is 8.06. The van der Waals surface area contributed by atoms with Crippen molar-refractivity contribution in [1.29, 1.82) is 0 Å². The van der Waals surface area contributed by atoms with Crippen LogP contribution in [0.4, 0.5) is 17.1 Å². The summed E-state index contributed by atoms with van der Waals surface area (Å²) >= 11 is 2.14. The number of rotatable bonds is 5. The smallest absolute Gasteiger partial charge is 0.261 e. The number of hydrogen-bond donors (Lipinski definition) is 2. The third-order valence-electron chi connectivity index (χ3n) is 3.32. The maximum Gasteiger partial charge on any atom is 0.261 e. The van der Waals surface area contributed by atoms with Crippen molar-refractivity contribution in [3.05, 3.63) is 82.4 Å². The van der Waals surface area contributed by atoms with Crippen LogP contribution in [0.3, 0.4) is 0 Å². The quantitative estimate of drug-likeness (QED) is 0.548. The highest BCUT2D eigenvalue weighted by atomic mass is 127. The summed E-state index contributed by atoms with van der Waals surface area (Å²) in [5.41, 5.74) is 2.38. The Morgan fingerprint density at radius 1 is 0.667 bits per heavy atom. The Labute approximate surface area is 155 Å². The van der Waals surface area contributed by atoms with Crippen LogP contribution < -0.4 is 10.0 Å². The molecule has 0 saturated heterocycles. The van der Waals surface area contributed by atoms with Gasteiger partial charge in [0.05, 0.1) is 4.90 Å². The molecule has 3 aromatic carbocycles. The van der Waals surface area contributed by atoms with Gasteiger partial charge in [-0.1, -0.05) is 18.2 Å². The van der Waals surface area contributed by atoms with Crippen LogP contribution in [-0.4, -0.2) is 8.42 Å². The van der Waals surface area contributed by atoms with Gasteiger partial charge < -0.3 is 5.32 Å². The molecule has 0 aromatic heterocycles. The van der Waals surface area contributed by atoms with E-state index in [1.165, 1.54) is 0 Å². The van der Waals surface area contributed by atoms with E-state index in [-0.39, 0.29) is 4.90 Å². The van der Waals surface area contributed by atoms with Crippen molar-refractivity contribution in [3.63, 3.8) is 0 Å². The van der Waals surface area contributed by atoms with E-state index in [0.29, 0.717) is 5.69 Å². The van der Waals surface area contributed by atoms with Crippen LogP contribution in [0.1, 0.15) is 0 Å². The highest BCUT2D eigenvalue weighted by molar-refractivity contribution is 14.1. The Hall–Kier alpha value is -2.06. The number of anilines is 3. The van der Waals surface area contributed by atoms with E-state index in [1.54, 1.807) is 36.4 Å². The van der Waals surface area contributed by atoms with Crippen LogP contribution >= 0.6 is 22.6 Å². The molecule has 0 saturated carbocycles. The zero-order valence-corrected chi connectivity index (χ0v) is 15.6. The lowest BCUT2D eigenvalue weighted by atomic mass is 10.2. The fourth-order valence-corrected chi connectivity index (χ4v) is 3.56. The van der Waals surface area contributed by atoms with Crippen molar-refractivity contribution in [2.24, 2.45) is 0 Å². The van der Waals surface area contributed by atoms with E-state index < -0.39 is 10.0 Å². The van der Waals surface area contributed by atoms with E-state index in [9.17, 15) is 8.42 Å². The molecular formula is C18H15IN2O2S. The monoisotopic (exact) mass is 450 g/mol. The third-order valence-corrected chi connectivity index (χ3v) is 5.44. The molecule has 0 unspecified atom stereocenters. The number of hydrogen-bond acceptors (Lipinski definition) is 3. The summed E-state index contributed by atoms with van der Waals surface area (Å²) in [5.74, 6) is 0. The molecule has 0 radical (unpaired) electrons. The van der Waals surface area contributed by atoms with Gasteiger partial charge in [0.25, 0.3) is 10.0 Å². The molecule has 6 heteroatoms. The summed E-state index contributed by atoms with van der Waals surface area (Å²) in [7, 11) is -3.58. The summed E-state index contributed by atoms with van der Waals surface area (Å²) in [6.45, 7) is 0.